The van der Waals surface area contributed by atoms with Crippen molar-refractivity contribution < 1.29 is 17.9 Å². The molecule has 0 amide bonds. The predicted octanol–water partition coefficient (Wildman–Crippen LogP) is 1.42. The van der Waals surface area contributed by atoms with Crippen molar-refractivity contribution >= 4 is 15.7 Å². The number of aliphatic hydroxyl groups is 1. The van der Waals surface area contributed by atoms with Gasteiger partial charge in [0.05, 0.1) is 17.5 Å². The molecule has 0 spiro atoms. The van der Waals surface area contributed by atoms with E-state index < -0.39 is 21.9 Å². The maximum atomic E-state index is 13.1. The van der Waals surface area contributed by atoms with Gasteiger partial charge in [-0.15, -0.1) is 0 Å². The molecule has 0 saturated heterocycles. The zero-order valence-electron chi connectivity index (χ0n) is 9.43. The summed E-state index contributed by atoms with van der Waals surface area (Å²) in [6.45, 7) is 1.79. The molecule has 17 heavy (non-hydrogen) atoms. The lowest BCUT2D eigenvalue weighted by Crippen LogP contribution is -2.37. The Labute approximate surface area is 99.7 Å². The summed E-state index contributed by atoms with van der Waals surface area (Å²) in [5.41, 5.74) is 0.722. The van der Waals surface area contributed by atoms with Crippen LogP contribution in [0, 0.1) is 5.82 Å². The van der Waals surface area contributed by atoms with Gasteiger partial charge in [-0.25, -0.2) is 12.8 Å². The number of benzene rings is 1. The third-order valence-electron chi connectivity index (χ3n) is 2.92. The van der Waals surface area contributed by atoms with E-state index in [-0.39, 0.29) is 18.7 Å². The first-order chi connectivity index (χ1) is 7.95. The first-order valence-corrected chi connectivity index (χ1v) is 7.04. The van der Waals surface area contributed by atoms with Crippen LogP contribution in [-0.4, -0.2) is 25.8 Å². The van der Waals surface area contributed by atoms with E-state index >= 15 is 0 Å². The maximum absolute atomic E-state index is 13.1. The molecule has 2 rings (SSSR count). The summed E-state index contributed by atoms with van der Waals surface area (Å²) in [6, 6.07) is 3.80. The molecule has 94 valence electrons. The fourth-order valence-electron chi connectivity index (χ4n) is 1.98. The molecule has 1 aliphatic rings. The molecule has 1 aliphatic heterocycles. The summed E-state index contributed by atoms with van der Waals surface area (Å²) in [6.07, 6.45) is -0.514. The predicted molar refractivity (Wildman–Crippen MR) is 62.8 cm³/mol. The molecule has 0 fully saturated rings. The van der Waals surface area contributed by atoms with E-state index in [9.17, 15) is 17.9 Å². The van der Waals surface area contributed by atoms with Crippen LogP contribution < -0.4 is 4.31 Å². The lowest BCUT2D eigenvalue weighted by molar-refractivity contribution is 0.166. The average Bonchev–Trinajstić information content (AvgIpc) is 2.30. The lowest BCUT2D eigenvalue weighted by Gasteiger charge is -2.32. The van der Waals surface area contributed by atoms with Crippen LogP contribution in [0.2, 0.25) is 0 Å². The maximum Gasteiger partial charge on any atom is 0.234 e. The van der Waals surface area contributed by atoms with Gasteiger partial charge >= 0.3 is 0 Å². The Morgan fingerprint density at radius 2 is 2.24 bits per heavy atom. The molecule has 1 N–H and O–H groups in total. The van der Waals surface area contributed by atoms with Gasteiger partial charge in [-0.2, -0.15) is 0 Å². The molecule has 0 saturated carbocycles. The van der Waals surface area contributed by atoms with Crippen LogP contribution in [-0.2, 0) is 10.0 Å². The van der Waals surface area contributed by atoms with Gasteiger partial charge in [0.1, 0.15) is 5.82 Å². The number of fused-ring (bicyclic) bond motifs is 1. The molecule has 0 aliphatic carbocycles. The van der Waals surface area contributed by atoms with Crippen LogP contribution in [0.25, 0.3) is 0 Å². The van der Waals surface area contributed by atoms with E-state index in [1.54, 1.807) is 6.92 Å². The highest BCUT2D eigenvalue weighted by Gasteiger charge is 2.30. The SMILES string of the molecule is CCS(=O)(=O)N1CCC(O)c2cc(F)ccc21. The van der Waals surface area contributed by atoms with Gasteiger partial charge < -0.3 is 5.11 Å². The number of anilines is 1. The summed E-state index contributed by atoms with van der Waals surface area (Å²) in [4.78, 5) is 0. The van der Waals surface area contributed by atoms with E-state index in [1.165, 1.54) is 22.5 Å². The summed E-state index contributed by atoms with van der Waals surface area (Å²) in [5, 5.41) is 9.75. The number of hydrogen-bond acceptors (Lipinski definition) is 3. The molecule has 1 aromatic carbocycles. The third kappa shape index (κ3) is 2.14. The van der Waals surface area contributed by atoms with E-state index in [0.29, 0.717) is 11.3 Å². The molecule has 4 nitrogen and oxygen atoms in total. The second kappa shape index (κ2) is 4.27. The first-order valence-electron chi connectivity index (χ1n) is 5.43. The van der Waals surface area contributed by atoms with Gasteiger partial charge in [-0.3, -0.25) is 4.31 Å². The van der Waals surface area contributed by atoms with Gasteiger partial charge in [-0.1, -0.05) is 0 Å². The molecule has 1 aromatic rings. The van der Waals surface area contributed by atoms with Crippen LogP contribution in [0.3, 0.4) is 0 Å². The van der Waals surface area contributed by atoms with E-state index in [0.717, 1.165) is 0 Å². The van der Waals surface area contributed by atoms with Gasteiger partial charge in [0.25, 0.3) is 0 Å². The van der Waals surface area contributed by atoms with Crippen molar-refractivity contribution in [2.75, 3.05) is 16.6 Å². The van der Waals surface area contributed by atoms with Crippen molar-refractivity contribution in [2.24, 2.45) is 0 Å². The van der Waals surface area contributed by atoms with Crippen molar-refractivity contribution in [1.82, 2.24) is 0 Å². The Kier molecular flexibility index (Phi) is 3.09. The normalized spacial score (nSPS) is 20.2. The molecule has 1 unspecified atom stereocenters. The first kappa shape index (κ1) is 12.3. The van der Waals surface area contributed by atoms with Crippen LogP contribution in [0.15, 0.2) is 18.2 Å². The minimum atomic E-state index is -3.37. The van der Waals surface area contributed by atoms with Crippen molar-refractivity contribution in [3.05, 3.63) is 29.6 Å². The van der Waals surface area contributed by atoms with Gasteiger partial charge in [0.15, 0.2) is 0 Å². The van der Waals surface area contributed by atoms with Gasteiger partial charge in [-0.05, 0) is 31.5 Å². The average molecular weight is 259 g/mol. The summed E-state index contributed by atoms with van der Waals surface area (Å²) in [5.74, 6) is -0.488. The number of hydrogen-bond donors (Lipinski definition) is 1. The molecular weight excluding hydrogens is 245 g/mol. The summed E-state index contributed by atoms with van der Waals surface area (Å²) >= 11 is 0. The molecule has 0 radical (unpaired) electrons. The molecule has 0 aromatic heterocycles. The standard InChI is InChI=1S/C11H14FNO3S/c1-2-17(15,16)13-6-5-11(14)9-7-8(12)3-4-10(9)13/h3-4,7,11,14H,2,5-6H2,1H3. The quantitative estimate of drug-likeness (QED) is 0.874. The van der Waals surface area contributed by atoms with E-state index in [2.05, 4.69) is 0 Å². The van der Waals surface area contributed by atoms with Gasteiger partial charge in [0.2, 0.25) is 10.0 Å². The van der Waals surface area contributed by atoms with Crippen LogP contribution in [0.5, 0.6) is 0 Å². The molecule has 1 atom stereocenters. The van der Waals surface area contributed by atoms with Crippen LogP contribution in [0.1, 0.15) is 25.0 Å². The molecule has 0 bridgehead atoms. The smallest absolute Gasteiger partial charge is 0.234 e. The zero-order valence-corrected chi connectivity index (χ0v) is 10.2. The Morgan fingerprint density at radius 3 is 2.88 bits per heavy atom. The Balaban J connectivity index is 2.54. The van der Waals surface area contributed by atoms with Gasteiger partial charge in [0, 0.05) is 12.1 Å². The monoisotopic (exact) mass is 259 g/mol. The van der Waals surface area contributed by atoms with E-state index in [4.69, 9.17) is 0 Å². The highest BCUT2D eigenvalue weighted by Crippen LogP contribution is 2.35. The summed E-state index contributed by atoms with van der Waals surface area (Å²) < 4.78 is 38.1. The molecular formula is C11H14FNO3S. The van der Waals surface area contributed by atoms with E-state index in [1.807, 2.05) is 0 Å². The van der Waals surface area contributed by atoms with Crippen molar-refractivity contribution in [3.63, 3.8) is 0 Å². The number of rotatable bonds is 2. The minimum absolute atomic E-state index is 0.0140. The lowest BCUT2D eigenvalue weighted by atomic mass is 10.0. The van der Waals surface area contributed by atoms with Crippen LogP contribution >= 0.6 is 0 Å². The van der Waals surface area contributed by atoms with Crippen LogP contribution in [0.4, 0.5) is 10.1 Å². The fraction of sp³-hybridized carbons (Fsp3) is 0.455. The molecule has 1 heterocycles. The highest BCUT2D eigenvalue weighted by molar-refractivity contribution is 7.92. The second-order valence-corrected chi connectivity index (χ2v) is 6.16. The third-order valence-corrected chi connectivity index (χ3v) is 4.70. The number of sulfonamides is 1. The Bertz CT molecular complexity index is 530. The second-order valence-electron chi connectivity index (χ2n) is 3.98. The fourth-order valence-corrected chi connectivity index (χ4v) is 3.14. The number of nitrogens with zero attached hydrogens (tertiary/aromatic N) is 1. The molecule has 6 heteroatoms. The number of halogens is 1. The topological polar surface area (TPSA) is 57.6 Å². The Morgan fingerprint density at radius 1 is 1.53 bits per heavy atom. The van der Waals surface area contributed by atoms with Crippen molar-refractivity contribution in [1.29, 1.82) is 0 Å². The van der Waals surface area contributed by atoms with Crippen molar-refractivity contribution in [3.8, 4) is 0 Å². The highest BCUT2D eigenvalue weighted by atomic mass is 32.2. The number of aliphatic hydroxyl groups excluding tert-OH is 1. The minimum Gasteiger partial charge on any atom is -0.388 e. The zero-order chi connectivity index (χ0) is 12.6. The largest absolute Gasteiger partial charge is 0.388 e. The van der Waals surface area contributed by atoms with Crippen molar-refractivity contribution in [2.45, 2.75) is 19.4 Å². The summed E-state index contributed by atoms with van der Waals surface area (Å²) in [7, 11) is -3.37. The Hall–Kier alpha value is -1.14.